The lowest BCUT2D eigenvalue weighted by Crippen LogP contribution is -2.32. The average Bonchev–Trinajstić information content (AvgIpc) is 3.17. The quantitative estimate of drug-likeness (QED) is 0.837. The number of hydrogen-bond donors (Lipinski definition) is 1. The molecule has 0 radical (unpaired) electrons. The molecule has 3 nitrogen and oxygen atoms in total. The third kappa shape index (κ3) is 3.94. The molecule has 0 bridgehead atoms. The minimum absolute atomic E-state index is 0.413. The fourth-order valence-electron chi connectivity index (χ4n) is 2.51. The van der Waals surface area contributed by atoms with Crippen LogP contribution in [0.5, 0.6) is 5.75 Å². The van der Waals surface area contributed by atoms with Crippen LogP contribution in [0.3, 0.4) is 0 Å². The summed E-state index contributed by atoms with van der Waals surface area (Å²) in [5.74, 6) is 0.969. The van der Waals surface area contributed by atoms with E-state index in [1.54, 1.807) is 7.11 Å². The zero-order valence-corrected chi connectivity index (χ0v) is 13.4. The second-order valence-electron chi connectivity index (χ2n) is 5.65. The molecular formula is C15H23BrN2O. The van der Waals surface area contributed by atoms with Gasteiger partial charge in [0.1, 0.15) is 5.75 Å². The van der Waals surface area contributed by atoms with E-state index in [0.29, 0.717) is 5.41 Å². The van der Waals surface area contributed by atoms with E-state index in [1.807, 2.05) is 12.1 Å². The molecule has 0 aromatic heterocycles. The molecule has 0 aliphatic heterocycles. The van der Waals surface area contributed by atoms with Gasteiger partial charge in [0.25, 0.3) is 0 Å². The summed E-state index contributed by atoms with van der Waals surface area (Å²) in [4.78, 5) is 2.39. The van der Waals surface area contributed by atoms with Crippen LogP contribution in [0.4, 0.5) is 0 Å². The van der Waals surface area contributed by atoms with Gasteiger partial charge in [-0.15, -0.1) is 0 Å². The summed E-state index contributed by atoms with van der Waals surface area (Å²) >= 11 is 3.52. The number of benzene rings is 1. The van der Waals surface area contributed by atoms with Gasteiger partial charge >= 0.3 is 0 Å². The summed E-state index contributed by atoms with van der Waals surface area (Å²) < 4.78 is 6.51. The summed E-state index contributed by atoms with van der Waals surface area (Å²) in [5.41, 5.74) is 7.50. The number of nitrogens with two attached hydrogens (primary N) is 1. The van der Waals surface area contributed by atoms with Gasteiger partial charge < -0.3 is 15.4 Å². The summed E-state index contributed by atoms with van der Waals surface area (Å²) in [5, 5.41) is 0. The van der Waals surface area contributed by atoms with Crippen LogP contribution in [-0.4, -0.2) is 38.7 Å². The Bertz CT molecular complexity index is 432. The zero-order valence-electron chi connectivity index (χ0n) is 11.8. The van der Waals surface area contributed by atoms with Crippen molar-refractivity contribution in [3.05, 3.63) is 28.2 Å². The van der Waals surface area contributed by atoms with Crippen molar-refractivity contribution in [2.24, 2.45) is 11.1 Å². The molecule has 19 heavy (non-hydrogen) atoms. The predicted molar refractivity (Wildman–Crippen MR) is 82.6 cm³/mol. The van der Waals surface area contributed by atoms with E-state index in [0.717, 1.165) is 36.3 Å². The van der Waals surface area contributed by atoms with Gasteiger partial charge in [0.15, 0.2) is 0 Å². The SMILES string of the molecule is COc1ccc(Br)cc1CCN(C)CC1(CN)CC1. The van der Waals surface area contributed by atoms with Crippen molar-refractivity contribution in [3.63, 3.8) is 0 Å². The van der Waals surface area contributed by atoms with Gasteiger partial charge in [-0.1, -0.05) is 15.9 Å². The monoisotopic (exact) mass is 326 g/mol. The van der Waals surface area contributed by atoms with Gasteiger partial charge in [-0.05, 0) is 62.0 Å². The van der Waals surface area contributed by atoms with E-state index in [1.165, 1.54) is 18.4 Å². The Labute approximate surface area is 124 Å². The maximum absolute atomic E-state index is 5.84. The normalized spacial score (nSPS) is 16.7. The van der Waals surface area contributed by atoms with Gasteiger partial charge in [0.05, 0.1) is 7.11 Å². The standard InChI is InChI=1S/C15H23BrN2O/c1-18(11-15(10-17)6-7-15)8-5-12-9-13(16)3-4-14(12)19-2/h3-4,9H,5-8,10-11,17H2,1-2H3. The predicted octanol–water partition coefficient (Wildman–Crippen LogP) is 2.67. The van der Waals surface area contributed by atoms with Gasteiger partial charge in [0, 0.05) is 17.6 Å². The highest BCUT2D eigenvalue weighted by atomic mass is 79.9. The minimum Gasteiger partial charge on any atom is -0.496 e. The van der Waals surface area contributed by atoms with Crippen molar-refractivity contribution in [1.29, 1.82) is 0 Å². The maximum atomic E-state index is 5.84. The Balaban J connectivity index is 1.89. The van der Waals surface area contributed by atoms with Crippen LogP contribution < -0.4 is 10.5 Å². The highest BCUT2D eigenvalue weighted by molar-refractivity contribution is 9.10. The first-order valence-corrected chi connectivity index (χ1v) is 7.59. The highest BCUT2D eigenvalue weighted by Gasteiger charge is 2.41. The first-order chi connectivity index (χ1) is 9.08. The number of rotatable bonds is 7. The number of ether oxygens (including phenoxy) is 1. The van der Waals surface area contributed by atoms with Crippen LogP contribution >= 0.6 is 15.9 Å². The van der Waals surface area contributed by atoms with Crippen molar-refractivity contribution in [2.45, 2.75) is 19.3 Å². The van der Waals surface area contributed by atoms with Gasteiger partial charge in [-0.2, -0.15) is 0 Å². The molecule has 106 valence electrons. The van der Waals surface area contributed by atoms with E-state index in [9.17, 15) is 0 Å². The fraction of sp³-hybridized carbons (Fsp3) is 0.600. The van der Waals surface area contributed by atoms with Crippen LogP contribution in [0.1, 0.15) is 18.4 Å². The molecule has 1 fully saturated rings. The number of methoxy groups -OCH3 is 1. The first-order valence-electron chi connectivity index (χ1n) is 6.80. The van der Waals surface area contributed by atoms with E-state index in [4.69, 9.17) is 10.5 Å². The van der Waals surface area contributed by atoms with Gasteiger partial charge in [-0.25, -0.2) is 0 Å². The topological polar surface area (TPSA) is 38.5 Å². The number of likely N-dealkylation sites (N-methyl/N-ethyl adjacent to an activating group) is 1. The minimum atomic E-state index is 0.413. The third-order valence-electron chi connectivity index (χ3n) is 4.00. The zero-order chi connectivity index (χ0) is 13.9. The molecule has 0 heterocycles. The van der Waals surface area contributed by atoms with Crippen molar-refractivity contribution in [2.75, 3.05) is 33.8 Å². The lowest BCUT2D eigenvalue weighted by Gasteiger charge is -2.23. The first kappa shape index (κ1) is 14.8. The number of hydrogen-bond acceptors (Lipinski definition) is 3. The van der Waals surface area contributed by atoms with Crippen molar-refractivity contribution in [3.8, 4) is 5.75 Å². The molecule has 0 atom stereocenters. The molecule has 1 aliphatic rings. The smallest absolute Gasteiger partial charge is 0.122 e. The van der Waals surface area contributed by atoms with Crippen LogP contribution in [0.2, 0.25) is 0 Å². The fourth-order valence-corrected chi connectivity index (χ4v) is 2.92. The molecule has 4 heteroatoms. The molecule has 0 saturated heterocycles. The highest BCUT2D eigenvalue weighted by Crippen LogP contribution is 2.44. The lowest BCUT2D eigenvalue weighted by atomic mass is 10.1. The molecular weight excluding hydrogens is 304 g/mol. The van der Waals surface area contributed by atoms with E-state index in [2.05, 4.69) is 33.9 Å². The Hall–Kier alpha value is -0.580. The van der Waals surface area contributed by atoms with E-state index >= 15 is 0 Å². The summed E-state index contributed by atoms with van der Waals surface area (Å²) in [7, 11) is 3.91. The van der Waals surface area contributed by atoms with Crippen LogP contribution in [-0.2, 0) is 6.42 Å². The Morgan fingerprint density at radius 2 is 2.16 bits per heavy atom. The van der Waals surface area contributed by atoms with Crippen molar-refractivity contribution in [1.82, 2.24) is 4.90 Å². The lowest BCUT2D eigenvalue weighted by molar-refractivity contribution is 0.268. The molecule has 0 spiro atoms. The molecule has 1 aromatic rings. The Morgan fingerprint density at radius 1 is 1.42 bits per heavy atom. The van der Waals surface area contributed by atoms with Crippen LogP contribution in [0, 0.1) is 5.41 Å². The molecule has 1 aromatic carbocycles. The molecule has 0 amide bonds. The molecule has 1 saturated carbocycles. The van der Waals surface area contributed by atoms with Crippen molar-refractivity contribution >= 4 is 15.9 Å². The van der Waals surface area contributed by atoms with Crippen molar-refractivity contribution < 1.29 is 4.74 Å². The average molecular weight is 327 g/mol. The Kier molecular flexibility index (Phi) is 4.87. The second kappa shape index (κ2) is 6.25. The largest absolute Gasteiger partial charge is 0.496 e. The summed E-state index contributed by atoms with van der Waals surface area (Å²) in [6.45, 7) is 2.96. The van der Waals surface area contributed by atoms with E-state index in [-0.39, 0.29) is 0 Å². The number of nitrogens with zero attached hydrogens (tertiary/aromatic N) is 1. The Morgan fingerprint density at radius 3 is 2.74 bits per heavy atom. The third-order valence-corrected chi connectivity index (χ3v) is 4.49. The van der Waals surface area contributed by atoms with Crippen LogP contribution in [0.15, 0.2) is 22.7 Å². The molecule has 1 aliphatic carbocycles. The summed E-state index contributed by atoms with van der Waals surface area (Å²) in [6.07, 6.45) is 3.57. The number of halogens is 1. The van der Waals surface area contributed by atoms with Gasteiger partial charge in [-0.3, -0.25) is 0 Å². The maximum Gasteiger partial charge on any atom is 0.122 e. The molecule has 2 rings (SSSR count). The van der Waals surface area contributed by atoms with Crippen LogP contribution in [0.25, 0.3) is 0 Å². The summed E-state index contributed by atoms with van der Waals surface area (Å²) in [6, 6.07) is 6.17. The van der Waals surface area contributed by atoms with Gasteiger partial charge in [0.2, 0.25) is 0 Å². The van der Waals surface area contributed by atoms with E-state index < -0.39 is 0 Å². The molecule has 2 N–H and O–H groups in total. The second-order valence-corrected chi connectivity index (χ2v) is 6.56. The molecule has 0 unspecified atom stereocenters.